The molecule has 2 saturated heterocycles. The molecule has 1 N–H and O–H groups in total. The van der Waals surface area contributed by atoms with Crippen molar-refractivity contribution in [2.24, 2.45) is 18.9 Å². The second kappa shape index (κ2) is 4.67. The van der Waals surface area contributed by atoms with Gasteiger partial charge in [-0.2, -0.15) is 5.10 Å². The lowest BCUT2D eigenvalue weighted by Gasteiger charge is -2.24. The summed E-state index contributed by atoms with van der Waals surface area (Å²) in [5.74, 6) is 1.72. The van der Waals surface area contributed by atoms with Crippen molar-refractivity contribution in [3.8, 4) is 0 Å². The molecule has 0 aliphatic carbocycles. The minimum Gasteiger partial charge on any atom is -0.316 e. The zero-order chi connectivity index (χ0) is 12.7. The molecule has 18 heavy (non-hydrogen) atoms. The Morgan fingerprint density at radius 1 is 1.44 bits per heavy atom. The van der Waals surface area contributed by atoms with E-state index in [-0.39, 0.29) is 0 Å². The van der Waals surface area contributed by atoms with Crippen molar-refractivity contribution in [1.29, 1.82) is 0 Å². The SMILES string of the molecule is CCc1nn(C)cc1CN1CC2CNCC2C1C. The summed E-state index contributed by atoms with van der Waals surface area (Å²) in [6, 6.07) is 0.704. The maximum Gasteiger partial charge on any atom is 0.0666 e. The quantitative estimate of drug-likeness (QED) is 0.867. The summed E-state index contributed by atoms with van der Waals surface area (Å²) in [5, 5.41) is 8.07. The molecule has 100 valence electrons. The molecule has 3 rings (SSSR count). The standard InChI is InChI=1S/C14H24N4/c1-4-14-12(7-17(3)16-14)9-18-8-11-5-15-6-13(11)10(18)2/h7,10-11,13,15H,4-6,8-9H2,1-3H3. The van der Waals surface area contributed by atoms with E-state index in [9.17, 15) is 0 Å². The van der Waals surface area contributed by atoms with Gasteiger partial charge in [-0.05, 0) is 38.3 Å². The molecule has 2 fully saturated rings. The fourth-order valence-electron chi connectivity index (χ4n) is 3.70. The van der Waals surface area contributed by atoms with Crippen molar-refractivity contribution in [2.75, 3.05) is 19.6 Å². The number of aryl methyl sites for hydroxylation is 2. The average Bonchev–Trinajstić information content (AvgIpc) is 2.99. The number of hydrogen-bond donors (Lipinski definition) is 1. The van der Waals surface area contributed by atoms with Crippen LogP contribution in [0.5, 0.6) is 0 Å². The van der Waals surface area contributed by atoms with Crippen LogP contribution in [-0.2, 0) is 20.0 Å². The van der Waals surface area contributed by atoms with Crippen molar-refractivity contribution in [3.05, 3.63) is 17.5 Å². The average molecular weight is 248 g/mol. The maximum absolute atomic E-state index is 4.55. The van der Waals surface area contributed by atoms with Gasteiger partial charge in [0, 0.05) is 37.9 Å². The van der Waals surface area contributed by atoms with E-state index in [0.29, 0.717) is 6.04 Å². The van der Waals surface area contributed by atoms with Gasteiger partial charge in [0.25, 0.3) is 0 Å². The molecule has 0 saturated carbocycles. The van der Waals surface area contributed by atoms with Gasteiger partial charge in [-0.25, -0.2) is 0 Å². The number of nitrogens with one attached hydrogen (secondary N) is 1. The van der Waals surface area contributed by atoms with E-state index < -0.39 is 0 Å². The Kier molecular flexibility index (Phi) is 3.16. The van der Waals surface area contributed by atoms with E-state index in [4.69, 9.17) is 0 Å². The summed E-state index contributed by atoms with van der Waals surface area (Å²) in [6.07, 6.45) is 3.23. The highest BCUT2D eigenvalue weighted by molar-refractivity contribution is 5.17. The first-order valence-corrected chi connectivity index (χ1v) is 7.15. The molecule has 3 unspecified atom stereocenters. The first-order valence-electron chi connectivity index (χ1n) is 7.15. The van der Waals surface area contributed by atoms with E-state index in [2.05, 4.69) is 35.4 Å². The molecule has 0 bridgehead atoms. The summed E-state index contributed by atoms with van der Waals surface area (Å²) in [7, 11) is 2.02. The van der Waals surface area contributed by atoms with Gasteiger partial charge in [0.2, 0.25) is 0 Å². The highest BCUT2D eigenvalue weighted by atomic mass is 15.3. The first-order chi connectivity index (χ1) is 8.69. The lowest BCUT2D eigenvalue weighted by atomic mass is 9.95. The van der Waals surface area contributed by atoms with Crippen LogP contribution < -0.4 is 5.32 Å². The first kappa shape index (κ1) is 12.2. The third-order valence-corrected chi connectivity index (χ3v) is 4.76. The fraction of sp³-hybridized carbons (Fsp3) is 0.786. The second-order valence-corrected chi connectivity index (χ2v) is 5.88. The normalized spacial score (nSPS) is 32.1. The van der Waals surface area contributed by atoms with Gasteiger partial charge >= 0.3 is 0 Å². The van der Waals surface area contributed by atoms with Gasteiger partial charge in [-0.3, -0.25) is 9.58 Å². The van der Waals surface area contributed by atoms with Gasteiger partial charge in [-0.1, -0.05) is 6.92 Å². The number of likely N-dealkylation sites (tertiary alicyclic amines) is 1. The van der Waals surface area contributed by atoms with Crippen LogP contribution >= 0.6 is 0 Å². The molecule has 2 aliphatic rings. The number of aromatic nitrogens is 2. The molecule has 0 amide bonds. The zero-order valence-electron chi connectivity index (χ0n) is 11.7. The molecule has 2 aliphatic heterocycles. The minimum absolute atomic E-state index is 0.704. The molecule has 0 spiro atoms. The molecule has 3 atom stereocenters. The number of fused-ring (bicyclic) bond motifs is 1. The summed E-state index contributed by atoms with van der Waals surface area (Å²) in [5.41, 5.74) is 2.68. The van der Waals surface area contributed by atoms with E-state index >= 15 is 0 Å². The van der Waals surface area contributed by atoms with Crippen molar-refractivity contribution < 1.29 is 0 Å². The summed E-state index contributed by atoms with van der Waals surface area (Å²) in [6.45, 7) is 9.31. The zero-order valence-corrected chi connectivity index (χ0v) is 11.7. The monoisotopic (exact) mass is 248 g/mol. The molecule has 1 aromatic rings. The number of rotatable bonds is 3. The van der Waals surface area contributed by atoms with Gasteiger partial charge in [0.1, 0.15) is 0 Å². The Hall–Kier alpha value is -0.870. The summed E-state index contributed by atoms with van der Waals surface area (Å²) in [4.78, 5) is 2.65. The molecule has 1 aromatic heterocycles. The Morgan fingerprint density at radius 2 is 2.28 bits per heavy atom. The van der Waals surface area contributed by atoms with Gasteiger partial charge in [-0.15, -0.1) is 0 Å². The van der Waals surface area contributed by atoms with Gasteiger partial charge < -0.3 is 5.32 Å². The summed E-state index contributed by atoms with van der Waals surface area (Å²) < 4.78 is 1.96. The smallest absolute Gasteiger partial charge is 0.0666 e. The molecular weight excluding hydrogens is 224 g/mol. The molecule has 4 nitrogen and oxygen atoms in total. The predicted molar refractivity (Wildman–Crippen MR) is 72.3 cm³/mol. The largest absolute Gasteiger partial charge is 0.316 e. The Labute approximate surface area is 109 Å². The topological polar surface area (TPSA) is 33.1 Å². The number of hydrogen-bond acceptors (Lipinski definition) is 3. The second-order valence-electron chi connectivity index (χ2n) is 5.88. The van der Waals surface area contributed by atoms with Gasteiger partial charge in [0.05, 0.1) is 5.69 Å². The van der Waals surface area contributed by atoms with Crippen LogP contribution in [0.1, 0.15) is 25.1 Å². The maximum atomic E-state index is 4.55. The number of nitrogens with zero attached hydrogens (tertiary/aromatic N) is 3. The van der Waals surface area contributed by atoms with Crippen molar-refractivity contribution >= 4 is 0 Å². The predicted octanol–water partition coefficient (Wildman–Crippen LogP) is 1.02. The van der Waals surface area contributed by atoms with Crippen molar-refractivity contribution in [1.82, 2.24) is 20.0 Å². The van der Waals surface area contributed by atoms with E-state index in [0.717, 1.165) is 24.8 Å². The molecule has 0 aromatic carbocycles. The van der Waals surface area contributed by atoms with Crippen LogP contribution in [0.3, 0.4) is 0 Å². The summed E-state index contributed by atoms with van der Waals surface area (Å²) >= 11 is 0. The van der Waals surface area contributed by atoms with E-state index in [1.54, 1.807) is 0 Å². The van der Waals surface area contributed by atoms with Crippen LogP contribution in [-0.4, -0.2) is 40.4 Å². The lowest BCUT2D eigenvalue weighted by molar-refractivity contribution is 0.231. The van der Waals surface area contributed by atoms with Crippen molar-refractivity contribution in [3.63, 3.8) is 0 Å². The highest BCUT2D eigenvalue weighted by Gasteiger charge is 2.41. The van der Waals surface area contributed by atoms with E-state index in [1.807, 2.05) is 11.7 Å². The van der Waals surface area contributed by atoms with Crippen LogP contribution in [0.2, 0.25) is 0 Å². The molecule has 3 heterocycles. The highest BCUT2D eigenvalue weighted by Crippen LogP contribution is 2.33. The van der Waals surface area contributed by atoms with Crippen LogP contribution in [0, 0.1) is 11.8 Å². The third-order valence-electron chi connectivity index (χ3n) is 4.76. The molecular formula is C14H24N4. The fourth-order valence-corrected chi connectivity index (χ4v) is 3.70. The lowest BCUT2D eigenvalue weighted by Crippen LogP contribution is -2.32. The van der Waals surface area contributed by atoms with Crippen LogP contribution in [0.25, 0.3) is 0 Å². The van der Waals surface area contributed by atoms with E-state index in [1.165, 1.54) is 30.9 Å². The molecule has 0 radical (unpaired) electrons. The Bertz CT molecular complexity index is 425. The van der Waals surface area contributed by atoms with Gasteiger partial charge in [0.15, 0.2) is 0 Å². The van der Waals surface area contributed by atoms with Crippen LogP contribution in [0.15, 0.2) is 6.20 Å². The molecule has 4 heteroatoms. The van der Waals surface area contributed by atoms with Crippen molar-refractivity contribution in [2.45, 2.75) is 32.9 Å². The Balaban J connectivity index is 1.73. The van der Waals surface area contributed by atoms with Crippen LogP contribution in [0.4, 0.5) is 0 Å². The Morgan fingerprint density at radius 3 is 3.00 bits per heavy atom. The third kappa shape index (κ3) is 1.97. The minimum atomic E-state index is 0.704.